The summed E-state index contributed by atoms with van der Waals surface area (Å²) in [5.41, 5.74) is 7.30. The molecule has 5 rings (SSSR count). The van der Waals surface area contributed by atoms with Gasteiger partial charge in [-0.25, -0.2) is 9.97 Å². The molecule has 0 atom stereocenters. The van der Waals surface area contributed by atoms with E-state index in [1.54, 1.807) is 6.20 Å². The Bertz CT molecular complexity index is 1660. The van der Waals surface area contributed by atoms with Crippen LogP contribution in [0.1, 0.15) is 44.1 Å². The topological polar surface area (TPSA) is 55.4 Å². The fourth-order valence-electron chi connectivity index (χ4n) is 4.42. The van der Waals surface area contributed by atoms with Crippen molar-refractivity contribution in [1.29, 1.82) is 0 Å². The summed E-state index contributed by atoms with van der Waals surface area (Å²) in [6.45, 7) is 4.80. The predicted molar refractivity (Wildman–Crippen MR) is 146 cm³/mol. The molecule has 184 valence electrons. The Hall–Kier alpha value is -4.47. The van der Waals surface area contributed by atoms with Crippen LogP contribution in [-0.2, 0) is 13.0 Å². The average molecular weight is 488 g/mol. The quantitative estimate of drug-likeness (QED) is 0.249. The second kappa shape index (κ2) is 10.3. The van der Waals surface area contributed by atoms with Crippen molar-refractivity contribution >= 4 is 11.4 Å². The second-order valence-corrected chi connectivity index (χ2v) is 9.58. The Morgan fingerprint density at radius 2 is 1.84 bits per heavy atom. The highest BCUT2D eigenvalue weighted by atomic mass is 16.1. The highest BCUT2D eigenvalue weighted by Gasteiger charge is 2.12. The molecule has 6 nitrogen and oxygen atoms in total. The highest BCUT2D eigenvalue weighted by Crippen LogP contribution is 2.19. The smallest absolute Gasteiger partial charge is 0.167 e. The number of imidazole rings is 2. The van der Waals surface area contributed by atoms with Gasteiger partial charge in [0, 0.05) is 41.8 Å². The maximum absolute atomic E-state index is 13.3. The zero-order valence-electron chi connectivity index (χ0n) is 21.6. The van der Waals surface area contributed by atoms with Crippen LogP contribution in [0.2, 0.25) is 0 Å². The fraction of sp³-hybridized carbons (Fsp3) is 0.194. The summed E-state index contributed by atoms with van der Waals surface area (Å²) in [4.78, 5) is 24.3. The van der Waals surface area contributed by atoms with E-state index in [9.17, 15) is 4.79 Å². The van der Waals surface area contributed by atoms with Gasteiger partial charge in [-0.05, 0) is 80.9 Å². The number of carbonyl (C=O) groups is 1. The number of Topliss-reactive ketones (excluding diaryl/α,β-unsaturated/α-hetero) is 1. The molecule has 0 fully saturated rings. The maximum Gasteiger partial charge on any atom is 0.167 e. The first kappa shape index (κ1) is 24.2. The van der Waals surface area contributed by atoms with E-state index in [2.05, 4.69) is 56.4 Å². The molecule has 5 aromatic rings. The summed E-state index contributed by atoms with van der Waals surface area (Å²) in [6, 6.07) is 17.9. The summed E-state index contributed by atoms with van der Waals surface area (Å²) in [6.07, 6.45) is 7.81. The van der Waals surface area contributed by atoms with E-state index >= 15 is 0 Å². The normalized spacial score (nSPS) is 11.1. The molecule has 0 radical (unpaired) electrons. The van der Waals surface area contributed by atoms with E-state index in [0.717, 1.165) is 51.7 Å². The van der Waals surface area contributed by atoms with Crippen LogP contribution in [0.5, 0.6) is 0 Å². The van der Waals surface area contributed by atoms with Crippen LogP contribution in [0.25, 0.3) is 11.3 Å². The molecule has 0 aliphatic carbocycles. The minimum Gasteiger partial charge on any atom is -0.303 e. The monoisotopic (exact) mass is 487 g/mol. The number of ketones is 1. The predicted octanol–water partition coefficient (Wildman–Crippen LogP) is 5.02. The van der Waals surface area contributed by atoms with Crippen molar-refractivity contribution in [3.63, 3.8) is 0 Å². The first-order valence-electron chi connectivity index (χ1n) is 12.2. The van der Waals surface area contributed by atoms with Gasteiger partial charge in [-0.15, -0.1) is 0 Å². The zero-order chi connectivity index (χ0) is 25.9. The number of hydrogen-bond acceptors (Lipinski definition) is 4. The van der Waals surface area contributed by atoms with Crippen LogP contribution in [0.4, 0.5) is 0 Å². The molecule has 2 aromatic carbocycles. The molecule has 0 amide bonds. The fourth-order valence-corrected chi connectivity index (χ4v) is 4.42. The molecule has 0 N–H and O–H groups in total. The van der Waals surface area contributed by atoms with Crippen molar-refractivity contribution in [2.45, 2.75) is 26.8 Å². The Morgan fingerprint density at radius 3 is 2.68 bits per heavy atom. The number of aromatic nitrogens is 4. The Balaban J connectivity index is 1.40. The number of benzene rings is 2. The van der Waals surface area contributed by atoms with E-state index in [-0.39, 0.29) is 5.78 Å². The van der Waals surface area contributed by atoms with E-state index in [1.807, 2.05) is 80.4 Å². The molecule has 6 heteroatoms. The Labute approximate surface area is 217 Å². The van der Waals surface area contributed by atoms with Crippen LogP contribution in [-0.4, -0.2) is 43.7 Å². The molecule has 3 heterocycles. The molecule has 0 aliphatic rings. The third-order valence-electron chi connectivity index (χ3n) is 6.24. The second-order valence-electron chi connectivity index (χ2n) is 9.58. The van der Waals surface area contributed by atoms with Crippen molar-refractivity contribution in [2.75, 3.05) is 14.1 Å². The Kier molecular flexibility index (Phi) is 6.72. The van der Waals surface area contributed by atoms with E-state index < -0.39 is 0 Å². The number of aryl methyl sites for hydroxylation is 2. The number of nitrogens with zero attached hydrogens (tertiary/aromatic N) is 5. The molecule has 0 saturated heterocycles. The van der Waals surface area contributed by atoms with Gasteiger partial charge < -0.3 is 9.47 Å². The number of carbonyl (C=O) groups excluding carboxylic acids is 1. The lowest BCUT2D eigenvalue weighted by molar-refractivity contribution is 0.0993. The molecule has 0 saturated carbocycles. The average Bonchev–Trinajstić information content (AvgIpc) is 3.49. The van der Waals surface area contributed by atoms with E-state index in [1.165, 1.54) is 0 Å². The van der Waals surface area contributed by atoms with Gasteiger partial charge in [-0.3, -0.25) is 9.20 Å². The summed E-state index contributed by atoms with van der Waals surface area (Å²) in [7, 11) is 4.05. The largest absolute Gasteiger partial charge is 0.303 e. The lowest BCUT2D eigenvalue weighted by atomic mass is 9.97. The lowest BCUT2D eigenvalue weighted by Crippen LogP contribution is -2.15. The third kappa shape index (κ3) is 5.37. The van der Waals surface area contributed by atoms with Crippen molar-refractivity contribution < 1.29 is 4.79 Å². The van der Waals surface area contributed by atoms with Crippen molar-refractivity contribution in [3.05, 3.63) is 119 Å². The lowest BCUT2D eigenvalue weighted by Gasteiger charge is -2.14. The summed E-state index contributed by atoms with van der Waals surface area (Å²) >= 11 is 0. The van der Waals surface area contributed by atoms with Gasteiger partial charge in [0.2, 0.25) is 0 Å². The Morgan fingerprint density at radius 1 is 0.973 bits per heavy atom. The van der Waals surface area contributed by atoms with Gasteiger partial charge in [0.05, 0.1) is 12.7 Å². The zero-order valence-corrected chi connectivity index (χ0v) is 21.6. The van der Waals surface area contributed by atoms with Crippen molar-refractivity contribution in [1.82, 2.24) is 23.8 Å². The first-order chi connectivity index (χ1) is 17.9. The summed E-state index contributed by atoms with van der Waals surface area (Å²) in [5, 5.41) is 0. The van der Waals surface area contributed by atoms with Crippen LogP contribution in [0.3, 0.4) is 0 Å². The van der Waals surface area contributed by atoms with Crippen LogP contribution in [0, 0.1) is 25.7 Å². The number of rotatable bonds is 6. The van der Waals surface area contributed by atoms with Gasteiger partial charge >= 0.3 is 0 Å². The minimum atomic E-state index is 0.0635. The van der Waals surface area contributed by atoms with E-state index in [4.69, 9.17) is 0 Å². The van der Waals surface area contributed by atoms with Gasteiger partial charge in [0.1, 0.15) is 17.2 Å². The number of fused-ring (bicyclic) bond motifs is 1. The van der Waals surface area contributed by atoms with Crippen LogP contribution < -0.4 is 0 Å². The minimum absolute atomic E-state index is 0.0635. The highest BCUT2D eigenvalue weighted by molar-refractivity contribution is 5.98. The first-order valence-corrected chi connectivity index (χ1v) is 12.2. The number of hydrogen-bond donors (Lipinski definition) is 0. The van der Waals surface area contributed by atoms with Crippen molar-refractivity contribution in [2.24, 2.45) is 0 Å². The van der Waals surface area contributed by atoms with Gasteiger partial charge in [0.25, 0.3) is 0 Å². The van der Waals surface area contributed by atoms with Gasteiger partial charge in [0.15, 0.2) is 5.78 Å². The molecule has 0 spiro atoms. The standard InChI is InChI=1S/C31H29N5O/c1-22-15-24(17-28(16-22)36-14-12-32-31(36)21-34(3)4)18-29(37)26-9-8-23(2)25(19-26)10-11-27-20-33-30-7-5-6-13-35(27)30/h5-9,12-17,19-20H,18,21H2,1-4H3. The summed E-state index contributed by atoms with van der Waals surface area (Å²) in [5.74, 6) is 7.49. The molecule has 0 unspecified atom stereocenters. The molecular weight excluding hydrogens is 458 g/mol. The molecule has 3 aromatic heterocycles. The molecule has 0 bridgehead atoms. The van der Waals surface area contributed by atoms with Gasteiger partial charge in [-0.1, -0.05) is 30.2 Å². The summed E-state index contributed by atoms with van der Waals surface area (Å²) < 4.78 is 4.04. The van der Waals surface area contributed by atoms with Gasteiger partial charge in [-0.2, -0.15) is 0 Å². The maximum atomic E-state index is 13.3. The molecule has 0 aliphatic heterocycles. The van der Waals surface area contributed by atoms with Crippen LogP contribution >= 0.6 is 0 Å². The van der Waals surface area contributed by atoms with Crippen LogP contribution in [0.15, 0.2) is 79.4 Å². The number of pyridine rings is 1. The van der Waals surface area contributed by atoms with E-state index in [0.29, 0.717) is 12.0 Å². The third-order valence-corrected chi connectivity index (χ3v) is 6.24. The SMILES string of the molecule is Cc1cc(CC(=O)c2ccc(C)c(C#Cc3cnc4ccccn34)c2)cc(-n2ccnc2CN(C)C)c1. The molecular formula is C31H29N5O. The van der Waals surface area contributed by atoms with Crippen molar-refractivity contribution in [3.8, 4) is 17.5 Å². The molecule has 37 heavy (non-hydrogen) atoms.